The Labute approximate surface area is 153 Å². The van der Waals surface area contributed by atoms with E-state index in [-0.39, 0.29) is 30.7 Å². The third kappa shape index (κ3) is 2.62. The highest BCUT2D eigenvalue weighted by Crippen LogP contribution is 2.30. The summed E-state index contributed by atoms with van der Waals surface area (Å²) >= 11 is 0. The number of rotatable bonds is 3. The summed E-state index contributed by atoms with van der Waals surface area (Å²) in [6.45, 7) is 0.564. The fourth-order valence-electron chi connectivity index (χ4n) is 3.49. The molecule has 4 rings (SSSR count). The molecule has 9 heteroatoms. The highest BCUT2D eigenvalue weighted by atomic mass is 16.3. The van der Waals surface area contributed by atoms with Crippen molar-refractivity contribution in [1.82, 2.24) is 18.7 Å². The molecule has 3 aromatic rings. The summed E-state index contributed by atoms with van der Waals surface area (Å²) in [6.07, 6.45) is -0.639. The SMILES string of the molecule is Cn1c(=O)n(CCC#N)c(=O)c2c1nc1n2C[C@H](O)CN1c1ccccc1. The fourth-order valence-corrected chi connectivity index (χ4v) is 3.49. The maximum atomic E-state index is 13.0. The van der Waals surface area contributed by atoms with E-state index in [1.165, 1.54) is 4.57 Å². The van der Waals surface area contributed by atoms with Gasteiger partial charge in [0.1, 0.15) is 0 Å². The normalized spacial score (nSPS) is 16.3. The second kappa shape index (κ2) is 6.41. The van der Waals surface area contributed by atoms with Crippen LogP contribution in [0.4, 0.5) is 11.6 Å². The summed E-state index contributed by atoms with van der Waals surface area (Å²) < 4.78 is 4.02. The number of hydrogen-bond donors (Lipinski definition) is 1. The standard InChI is InChI=1S/C18H18N6O3/c1-21-15-14(16(26)22(18(21)27)9-5-8-19)24-11-13(25)10-23(17(24)20-15)12-6-3-2-4-7-12/h2-4,6-7,13,25H,5,9-11H2,1H3/t13-/m1/s1. The molecule has 1 aliphatic rings. The molecule has 9 nitrogen and oxygen atoms in total. The van der Waals surface area contributed by atoms with E-state index in [1.54, 1.807) is 11.6 Å². The first kappa shape index (κ1) is 17.1. The summed E-state index contributed by atoms with van der Waals surface area (Å²) in [6, 6.07) is 11.4. The molecule has 3 heterocycles. The average molecular weight is 366 g/mol. The molecule has 0 spiro atoms. The van der Waals surface area contributed by atoms with Crippen LogP contribution in [-0.4, -0.2) is 36.4 Å². The van der Waals surface area contributed by atoms with Gasteiger partial charge in [0.25, 0.3) is 5.56 Å². The van der Waals surface area contributed by atoms with Crippen molar-refractivity contribution in [3.63, 3.8) is 0 Å². The summed E-state index contributed by atoms with van der Waals surface area (Å²) in [5.41, 5.74) is 0.352. The van der Waals surface area contributed by atoms with Crippen LogP contribution in [0.5, 0.6) is 0 Å². The van der Waals surface area contributed by atoms with Gasteiger partial charge in [0.15, 0.2) is 11.2 Å². The Kier molecular flexibility index (Phi) is 4.05. The van der Waals surface area contributed by atoms with Crippen molar-refractivity contribution in [3.05, 3.63) is 51.2 Å². The van der Waals surface area contributed by atoms with Crippen molar-refractivity contribution in [2.45, 2.75) is 25.6 Å². The molecule has 0 amide bonds. The van der Waals surface area contributed by atoms with Gasteiger partial charge >= 0.3 is 5.69 Å². The molecule has 1 N–H and O–H groups in total. The topological polar surface area (TPSA) is 109 Å². The number of imidazole rings is 1. The van der Waals surface area contributed by atoms with E-state index in [0.29, 0.717) is 12.5 Å². The molecule has 1 aromatic carbocycles. The number of aromatic nitrogens is 4. The Balaban J connectivity index is 2.00. The molecule has 2 aromatic heterocycles. The van der Waals surface area contributed by atoms with E-state index >= 15 is 0 Å². The van der Waals surface area contributed by atoms with Crippen molar-refractivity contribution in [1.29, 1.82) is 5.26 Å². The number of fused-ring (bicyclic) bond motifs is 3. The zero-order chi connectivity index (χ0) is 19.1. The third-order valence-corrected chi connectivity index (χ3v) is 4.76. The molecule has 0 radical (unpaired) electrons. The van der Waals surface area contributed by atoms with E-state index < -0.39 is 17.4 Å². The largest absolute Gasteiger partial charge is 0.389 e. The van der Waals surface area contributed by atoms with Crippen LogP contribution in [0, 0.1) is 11.3 Å². The van der Waals surface area contributed by atoms with E-state index in [9.17, 15) is 14.7 Å². The van der Waals surface area contributed by atoms with Gasteiger partial charge in [0.2, 0.25) is 5.95 Å². The van der Waals surface area contributed by atoms with Gasteiger partial charge in [-0.3, -0.25) is 13.9 Å². The van der Waals surface area contributed by atoms with E-state index in [2.05, 4.69) is 4.98 Å². The Hall–Kier alpha value is -3.38. The first-order chi connectivity index (χ1) is 13.0. The number of aliphatic hydroxyl groups excluding tert-OH is 1. The summed E-state index contributed by atoms with van der Waals surface area (Å²) in [7, 11) is 1.55. The minimum Gasteiger partial charge on any atom is -0.389 e. The van der Waals surface area contributed by atoms with Gasteiger partial charge in [-0.25, -0.2) is 4.79 Å². The van der Waals surface area contributed by atoms with Crippen LogP contribution < -0.4 is 16.1 Å². The van der Waals surface area contributed by atoms with Gasteiger partial charge in [-0.2, -0.15) is 10.2 Å². The number of hydrogen-bond acceptors (Lipinski definition) is 6. The molecule has 0 aliphatic carbocycles. The van der Waals surface area contributed by atoms with Crippen molar-refractivity contribution in [2.75, 3.05) is 11.4 Å². The third-order valence-electron chi connectivity index (χ3n) is 4.76. The molecular weight excluding hydrogens is 348 g/mol. The zero-order valence-electron chi connectivity index (χ0n) is 14.7. The highest BCUT2D eigenvalue weighted by molar-refractivity contribution is 5.77. The van der Waals surface area contributed by atoms with Crippen molar-refractivity contribution in [2.24, 2.45) is 7.05 Å². The fraction of sp³-hybridized carbons (Fsp3) is 0.333. The molecule has 27 heavy (non-hydrogen) atoms. The summed E-state index contributed by atoms with van der Waals surface area (Å²) in [5, 5.41) is 19.2. The zero-order valence-corrected chi connectivity index (χ0v) is 14.7. The van der Waals surface area contributed by atoms with E-state index in [4.69, 9.17) is 5.26 Å². The predicted molar refractivity (Wildman–Crippen MR) is 98.9 cm³/mol. The molecular formula is C18H18N6O3. The molecule has 0 saturated heterocycles. The van der Waals surface area contributed by atoms with Gasteiger partial charge in [0.05, 0.1) is 31.7 Å². The van der Waals surface area contributed by atoms with Gasteiger partial charge in [0, 0.05) is 19.3 Å². The molecule has 1 aliphatic heterocycles. The van der Waals surface area contributed by atoms with Crippen LogP contribution in [-0.2, 0) is 20.1 Å². The van der Waals surface area contributed by atoms with Crippen LogP contribution in [0.25, 0.3) is 11.2 Å². The molecule has 138 valence electrons. The quantitative estimate of drug-likeness (QED) is 0.715. The maximum Gasteiger partial charge on any atom is 0.332 e. The minimum absolute atomic E-state index is 0.0173. The van der Waals surface area contributed by atoms with Crippen molar-refractivity contribution < 1.29 is 5.11 Å². The Bertz CT molecular complexity index is 1170. The molecule has 0 fully saturated rings. The van der Waals surface area contributed by atoms with Gasteiger partial charge < -0.3 is 14.6 Å². The lowest BCUT2D eigenvalue weighted by Crippen LogP contribution is -2.41. The molecule has 0 unspecified atom stereocenters. The first-order valence-electron chi connectivity index (χ1n) is 8.60. The molecule has 0 bridgehead atoms. The average Bonchev–Trinajstić information content (AvgIpc) is 3.06. The Morgan fingerprint density at radius 2 is 2.00 bits per heavy atom. The molecule has 1 atom stereocenters. The van der Waals surface area contributed by atoms with Crippen LogP contribution in [0.15, 0.2) is 39.9 Å². The minimum atomic E-state index is -0.695. The summed E-state index contributed by atoms with van der Waals surface area (Å²) in [5.74, 6) is 0.506. The van der Waals surface area contributed by atoms with Gasteiger partial charge in [-0.1, -0.05) is 18.2 Å². The Morgan fingerprint density at radius 1 is 1.26 bits per heavy atom. The number of anilines is 2. The van der Waals surface area contributed by atoms with Crippen LogP contribution >= 0.6 is 0 Å². The lowest BCUT2D eigenvalue weighted by molar-refractivity contribution is 0.154. The van der Waals surface area contributed by atoms with Gasteiger partial charge in [-0.15, -0.1) is 0 Å². The van der Waals surface area contributed by atoms with Gasteiger partial charge in [-0.05, 0) is 12.1 Å². The Morgan fingerprint density at radius 3 is 2.70 bits per heavy atom. The van der Waals surface area contributed by atoms with E-state index in [1.807, 2.05) is 41.3 Å². The number of nitrogens with zero attached hydrogens (tertiary/aromatic N) is 6. The highest BCUT2D eigenvalue weighted by Gasteiger charge is 2.30. The van der Waals surface area contributed by atoms with Crippen LogP contribution in [0.2, 0.25) is 0 Å². The van der Waals surface area contributed by atoms with Crippen LogP contribution in [0.1, 0.15) is 6.42 Å². The second-order valence-corrected chi connectivity index (χ2v) is 6.50. The maximum absolute atomic E-state index is 13.0. The smallest absolute Gasteiger partial charge is 0.332 e. The number of benzene rings is 1. The molecule has 0 saturated carbocycles. The number of aryl methyl sites for hydroxylation is 1. The first-order valence-corrected chi connectivity index (χ1v) is 8.60. The monoisotopic (exact) mass is 366 g/mol. The number of nitriles is 1. The summed E-state index contributed by atoms with van der Waals surface area (Å²) in [4.78, 5) is 31.9. The van der Waals surface area contributed by atoms with E-state index in [0.717, 1.165) is 10.3 Å². The number of para-hydroxylation sites is 1. The van der Waals surface area contributed by atoms with Crippen molar-refractivity contribution >= 4 is 22.8 Å². The van der Waals surface area contributed by atoms with Crippen LogP contribution in [0.3, 0.4) is 0 Å². The lowest BCUT2D eigenvalue weighted by atomic mass is 10.2. The number of β-amino-alcohol motifs (C(OH)–C–C–N with tert-alkyl or cyclic N) is 1. The number of aliphatic hydroxyl groups is 1. The second-order valence-electron chi connectivity index (χ2n) is 6.50. The lowest BCUT2D eigenvalue weighted by Gasteiger charge is -2.32. The van der Waals surface area contributed by atoms with Crippen molar-refractivity contribution in [3.8, 4) is 6.07 Å². The predicted octanol–water partition coefficient (Wildman–Crippen LogP) is 0.323.